The highest BCUT2D eigenvalue weighted by molar-refractivity contribution is 7.92. The third-order valence-electron chi connectivity index (χ3n) is 17.2. The largest absolute Gasteiger partial charge is 0.420 e. The molecule has 3 saturated carbocycles. The smallest absolute Gasteiger partial charge is 0.396 e. The normalized spacial score (nSPS) is 23.8. The molecule has 20 nitrogen and oxygen atoms in total. The second-order valence-electron chi connectivity index (χ2n) is 23.0. The number of nitrogens with one attached hydrogen (secondary N) is 2. The molecule has 6 aromatic rings. The zero-order chi connectivity index (χ0) is 60.1. The maximum Gasteiger partial charge on any atom is 0.420 e. The molecule has 3 unspecified atom stereocenters. The number of β-amino-alcohol motifs (C(OH)–C–C–N with tert-alkyl or cyclic N) is 1. The molecule has 1 spiro atoms. The van der Waals surface area contributed by atoms with Crippen molar-refractivity contribution in [2.75, 3.05) is 118 Å². The van der Waals surface area contributed by atoms with E-state index in [1.807, 2.05) is 12.1 Å². The van der Waals surface area contributed by atoms with Crippen molar-refractivity contribution in [1.82, 2.24) is 39.7 Å². The van der Waals surface area contributed by atoms with Gasteiger partial charge < -0.3 is 40.1 Å². The second kappa shape index (κ2) is 22.7. The lowest BCUT2D eigenvalue weighted by Gasteiger charge is -2.35. The lowest BCUT2D eigenvalue weighted by molar-refractivity contribution is -0.138. The average molecular weight is 1270 g/mol. The molecular formula is C56H62F6N12O8S4. The number of aliphatic hydroxyl groups is 2. The molecule has 10 heterocycles. The Kier molecular flexibility index (Phi) is 15.7. The first-order chi connectivity index (χ1) is 41.1. The predicted octanol–water partition coefficient (Wildman–Crippen LogP) is 8.36. The summed E-state index contributed by atoms with van der Waals surface area (Å²) in [5.41, 5.74) is -2.52. The SMILES string of the molecule is C[C@@H]1OCCS(=O)(=O)c2cc(-c3nc(Nc4ccc(N5CCN(CCCO)CC5)nc4C4CC4C4COC5(CC5)c5sc(-c6nc(Nc7ccc(N8CCN(CCO)CC8)nc7C7CC7)ncc6C(F)(F)F)cc5S4(=O)=O)ncc3C(F)(F)F)sc21. The van der Waals surface area contributed by atoms with Gasteiger partial charge >= 0.3 is 12.4 Å². The number of sulfone groups is 2. The van der Waals surface area contributed by atoms with Crippen LogP contribution < -0.4 is 20.4 Å². The minimum absolute atomic E-state index is 0.0358. The van der Waals surface area contributed by atoms with Gasteiger partial charge in [-0.15, -0.1) is 22.7 Å². The average Bonchev–Trinajstić information content (AvgIpc) is 1.77. The number of halogens is 6. The van der Waals surface area contributed by atoms with Crippen LogP contribution in [0.1, 0.15) is 95.7 Å². The molecule has 5 fully saturated rings. The van der Waals surface area contributed by atoms with Gasteiger partial charge in [0.2, 0.25) is 11.9 Å². The lowest BCUT2D eigenvalue weighted by Crippen LogP contribution is -2.47. The third kappa shape index (κ3) is 11.7. The van der Waals surface area contributed by atoms with Gasteiger partial charge in [-0.3, -0.25) is 9.80 Å². The van der Waals surface area contributed by atoms with Gasteiger partial charge in [-0.05, 0) is 87.8 Å². The second-order valence-corrected chi connectivity index (χ2v) is 29.3. The molecule has 13 rings (SSSR count). The van der Waals surface area contributed by atoms with Gasteiger partial charge in [-0.1, -0.05) is 0 Å². The molecule has 2 saturated heterocycles. The van der Waals surface area contributed by atoms with Gasteiger partial charge in [-0.25, -0.2) is 46.7 Å². The molecule has 3 aliphatic carbocycles. The fourth-order valence-corrected chi connectivity index (χ4v) is 18.9. The van der Waals surface area contributed by atoms with E-state index in [2.05, 4.69) is 50.2 Å². The third-order valence-corrected chi connectivity index (χ3v) is 24.1. The Morgan fingerprint density at radius 1 is 0.709 bits per heavy atom. The Morgan fingerprint density at radius 3 is 1.83 bits per heavy atom. The van der Waals surface area contributed by atoms with Crippen molar-refractivity contribution in [2.45, 2.75) is 96.4 Å². The Morgan fingerprint density at radius 2 is 1.27 bits per heavy atom. The van der Waals surface area contributed by atoms with Crippen LogP contribution in [0, 0.1) is 5.92 Å². The van der Waals surface area contributed by atoms with Gasteiger partial charge in [0, 0.05) is 96.3 Å². The first-order valence-corrected chi connectivity index (χ1v) is 33.6. The molecular weight excluding hydrogens is 1210 g/mol. The standard InChI is InChI=1S/C56H62F6N12O8S4/c1-31-50-41(85(77,78)24-23-81-31)26-39(83-50)48-35(55(57,58)59)28-64-53(69-48)66-38-6-8-45(74-16-12-71(13-17-74)11-2-21-75)68-47(38)34-25-33(34)43-30-82-54(9-10-54)51-42(86(43,79)80)27-40(84-51)49-36(56(60,61)62)29-63-52(70-49)65-37-5-7-44(67-46(37)32-3-4-32)73-18-14-72(15-19-73)20-22-76/h5-8,26-29,31-34,43,75-76H,2-4,9-25,30H2,1H3,(H,63,65,70)(H,64,66,69)/t31-,33?,34?,43?/m0/s1. The minimum Gasteiger partial charge on any atom is -0.396 e. The summed E-state index contributed by atoms with van der Waals surface area (Å²) in [5, 5.41) is 23.9. The van der Waals surface area contributed by atoms with Crippen LogP contribution in [-0.4, -0.2) is 170 Å². The maximum absolute atomic E-state index is 15.4. The van der Waals surface area contributed by atoms with E-state index in [0.29, 0.717) is 106 Å². The summed E-state index contributed by atoms with van der Waals surface area (Å²) in [5.74, 6) is -0.518. The number of hydrogen-bond donors (Lipinski definition) is 4. The molecule has 4 N–H and O–H groups in total. The summed E-state index contributed by atoms with van der Waals surface area (Å²) in [7, 11) is -8.29. The number of alkyl halides is 6. The minimum atomic E-state index is -4.94. The van der Waals surface area contributed by atoms with Gasteiger partial charge in [0.05, 0.1) is 100 Å². The van der Waals surface area contributed by atoms with Crippen molar-refractivity contribution in [2.24, 2.45) is 5.92 Å². The van der Waals surface area contributed by atoms with Gasteiger partial charge in [0.25, 0.3) is 0 Å². The van der Waals surface area contributed by atoms with Gasteiger partial charge in [0.15, 0.2) is 19.7 Å². The molecule has 6 aromatic heterocycles. The monoisotopic (exact) mass is 1270 g/mol. The van der Waals surface area contributed by atoms with E-state index in [0.717, 1.165) is 60.1 Å². The maximum atomic E-state index is 15.4. The van der Waals surface area contributed by atoms with Crippen molar-refractivity contribution in [3.05, 3.63) is 81.1 Å². The van der Waals surface area contributed by atoms with Crippen LogP contribution in [0.15, 0.2) is 58.6 Å². The van der Waals surface area contributed by atoms with Crippen molar-refractivity contribution >= 4 is 77.3 Å². The van der Waals surface area contributed by atoms with Crippen LogP contribution in [0.3, 0.4) is 0 Å². The van der Waals surface area contributed by atoms with E-state index in [1.165, 1.54) is 12.1 Å². The zero-order valence-corrected chi connectivity index (χ0v) is 49.8. The van der Waals surface area contributed by atoms with Crippen LogP contribution in [0.4, 0.5) is 61.2 Å². The molecule has 0 amide bonds. The molecule has 4 atom stereocenters. The number of thiophene rings is 2. The number of rotatable bonds is 16. The first-order valence-electron chi connectivity index (χ1n) is 28.7. The Bertz CT molecular complexity index is 3790. The number of hydrogen-bond acceptors (Lipinski definition) is 22. The quantitative estimate of drug-likeness (QED) is 0.0665. The highest BCUT2D eigenvalue weighted by atomic mass is 32.2. The number of aromatic nitrogens is 6. The van der Waals surface area contributed by atoms with Crippen molar-refractivity contribution in [3.63, 3.8) is 0 Å². The number of nitrogens with zero attached hydrogens (tertiary/aromatic N) is 10. The van der Waals surface area contributed by atoms with Crippen molar-refractivity contribution in [3.8, 4) is 21.1 Å². The number of aliphatic hydroxyl groups excluding tert-OH is 2. The Labute approximate surface area is 499 Å². The van der Waals surface area contributed by atoms with Gasteiger partial charge in [0.1, 0.15) is 28.4 Å². The van der Waals surface area contributed by atoms with Crippen LogP contribution in [0.2, 0.25) is 0 Å². The summed E-state index contributed by atoms with van der Waals surface area (Å²) in [4.78, 5) is 36.0. The highest BCUT2D eigenvalue weighted by Crippen LogP contribution is 2.61. The molecule has 460 valence electrons. The molecule has 4 aliphatic heterocycles. The fourth-order valence-electron chi connectivity index (χ4n) is 12.1. The molecule has 7 aliphatic rings. The molecule has 0 aromatic carbocycles. The van der Waals surface area contributed by atoms with Crippen LogP contribution >= 0.6 is 22.7 Å². The number of fused-ring (bicyclic) bond motifs is 3. The Hall–Kier alpha value is -5.70. The van der Waals surface area contributed by atoms with Crippen LogP contribution in [0.25, 0.3) is 21.1 Å². The van der Waals surface area contributed by atoms with E-state index >= 15 is 21.6 Å². The fraction of sp³-hybridized carbons (Fsp3) is 0.536. The number of anilines is 6. The van der Waals surface area contributed by atoms with Crippen LogP contribution in [0.5, 0.6) is 0 Å². The molecule has 0 bridgehead atoms. The van der Waals surface area contributed by atoms with E-state index in [4.69, 9.17) is 19.4 Å². The summed E-state index contributed by atoms with van der Waals surface area (Å²) in [6.45, 7) is 8.16. The highest BCUT2D eigenvalue weighted by Gasteiger charge is 2.59. The summed E-state index contributed by atoms with van der Waals surface area (Å²) >= 11 is 1.74. The summed E-state index contributed by atoms with van der Waals surface area (Å²) < 4.78 is 159. The molecule has 86 heavy (non-hydrogen) atoms. The van der Waals surface area contributed by atoms with Crippen LogP contribution in [-0.2, 0) is 47.1 Å². The summed E-state index contributed by atoms with van der Waals surface area (Å²) in [6, 6.07) is 9.59. The zero-order valence-electron chi connectivity index (χ0n) is 46.6. The van der Waals surface area contributed by atoms with E-state index in [1.54, 1.807) is 19.1 Å². The number of pyridine rings is 2. The van der Waals surface area contributed by atoms with Gasteiger partial charge in [-0.2, -0.15) is 26.3 Å². The number of ether oxygens (including phenoxy) is 2. The Balaban J connectivity index is 0.818. The number of piperazine rings is 2. The molecule has 0 radical (unpaired) electrons. The topological polar surface area (TPSA) is 242 Å². The van der Waals surface area contributed by atoms with E-state index in [-0.39, 0.29) is 86.5 Å². The first kappa shape index (κ1) is 59.3. The molecule has 30 heteroatoms. The van der Waals surface area contributed by atoms with Crippen molar-refractivity contribution < 1.29 is 62.9 Å². The lowest BCUT2D eigenvalue weighted by atomic mass is 10.1. The van der Waals surface area contributed by atoms with E-state index < -0.39 is 83.3 Å². The summed E-state index contributed by atoms with van der Waals surface area (Å²) in [6.07, 6.45) is -5.74. The van der Waals surface area contributed by atoms with E-state index in [9.17, 15) is 31.8 Å². The van der Waals surface area contributed by atoms with Crippen molar-refractivity contribution in [1.29, 1.82) is 0 Å². The predicted molar refractivity (Wildman–Crippen MR) is 309 cm³/mol.